The van der Waals surface area contributed by atoms with Crippen molar-refractivity contribution in [3.8, 4) is 11.1 Å². The van der Waals surface area contributed by atoms with Gasteiger partial charge in [0, 0.05) is 17.7 Å². The highest BCUT2D eigenvalue weighted by atomic mass is 16.6. The van der Waals surface area contributed by atoms with Crippen LogP contribution in [-0.4, -0.2) is 23.3 Å². The van der Waals surface area contributed by atoms with Gasteiger partial charge in [0.2, 0.25) is 5.78 Å². The maximum absolute atomic E-state index is 12.5. The second kappa shape index (κ2) is 8.05. The number of esters is 1. The second-order valence-corrected chi connectivity index (χ2v) is 5.72. The van der Waals surface area contributed by atoms with E-state index in [1.807, 2.05) is 36.4 Å². The first-order chi connectivity index (χ1) is 13.1. The number of nitrogens with zero attached hydrogens (tertiary/aromatic N) is 1. The summed E-state index contributed by atoms with van der Waals surface area (Å²) in [7, 11) is 0. The smallest absolute Gasteiger partial charge is 0.339 e. The fraction of sp³-hybridized carbons (Fsp3) is 0.0476. The zero-order valence-electron chi connectivity index (χ0n) is 14.2. The number of nitro groups is 1. The van der Waals surface area contributed by atoms with Crippen LogP contribution in [0.25, 0.3) is 11.1 Å². The van der Waals surface area contributed by atoms with Crippen LogP contribution in [0.1, 0.15) is 20.7 Å². The van der Waals surface area contributed by atoms with Gasteiger partial charge in [0.05, 0.1) is 10.5 Å². The zero-order valence-corrected chi connectivity index (χ0v) is 14.2. The summed E-state index contributed by atoms with van der Waals surface area (Å²) >= 11 is 0. The monoisotopic (exact) mass is 361 g/mol. The molecule has 0 unspecified atom stereocenters. The van der Waals surface area contributed by atoms with Crippen LogP contribution in [0.4, 0.5) is 5.69 Å². The van der Waals surface area contributed by atoms with E-state index in [1.54, 1.807) is 18.2 Å². The molecule has 0 heterocycles. The van der Waals surface area contributed by atoms with Crippen LogP contribution in [0.3, 0.4) is 0 Å². The fourth-order valence-electron chi connectivity index (χ4n) is 2.62. The van der Waals surface area contributed by atoms with Crippen molar-refractivity contribution in [2.75, 3.05) is 6.61 Å². The highest BCUT2D eigenvalue weighted by Crippen LogP contribution is 2.24. The maximum Gasteiger partial charge on any atom is 0.339 e. The summed E-state index contributed by atoms with van der Waals surface area (Å²) in [5.74, 6) is -1.14. The highest BCUT2D eigenvalue weighted by molar-refractivity contribution is 6.01. The number of hydrogen-bond donors (Lipinski definition) is 0. The Kier molecular flexibility index (Phi) is 5.37. The fourth-order valence-corrected chi connectivity index (χ4v) is 2.62. The lowest BCUT2D eigenvalue weighted by atomic mass is 10.00. The van der Waals surface area contributed by atoms with Crippen LogP contribution in [-0.2, 0) is 4.74 Å². The van der Waals surface area contributed by atoms with E-state index in [0.717, 1.165) is 11.6 Å². The third-order valence-corrected chi connectivity index (χ3v) is 3.95. The Morgan fingerprint density at radius 2 is 1.59 bits per heavy atom. The van der Waals surface area contributed by atoms with Crippen LogP contribution in [0.15, 0.2) is 78.9 Å². The topological polar surface area (TPSA) is 86.5 Å². The average Bonchev–Trinajstić information content (AvgIpc) is 2.72. The molecule has 6 heteroatoms. The van der Waals surface area contributed by atoms with Crippen LogP contribution in [0.5, 0.6) is 0 Å². The molecular weight excluding hydrogens is 346 g/mol. The molecule has 3 aromatic rings. The van der Waals surface area contributed by atoms with E-state index >= 15 is 0 Å². The Labute approximate surface area is 155 Å². The number of benzene rings is 3. The zero-order chi connectivity index (χ0) is 19.2. The third kappa shape index (κ3) is 4.24. The van der Waals surface area contributed by atoms with Crippen LogP contribution >= 0.6 is 0 Å². The first kappa shape index (κ1) is 18.0. The SMILES string of the molecule is O=C(COC(=O)c1ccccc1-c1ccccc1)c1cccc([N+](=O)[O-])c1. The third-order valence-electron chi connectivity index (χ3n) is 3.95. The molecule has 0 saturated carbocycles. The summed E-state index contributed by atoms with van der Waals surface area (Å²) in [5.41, 5.74) is 1.83. The summed E-state index contributed by atoms with van der Waals surface area (Å²) in [5, 5.41) is 10.8. The maximum atomic E-state index is 12.5. The van der Waals surface area contributed by atoms with Crippen LogP contribution < -0.4 is 0 Å². The van der Waals surface area contributed by atoms with E-state index < -0.39 is 23.3 Å². The van der Waals surface area contributed by atoms with Gasteiger partial charge >= 0.3 is 5.97 Å². The molecule has 0 saturated heterocycles. The molecule has 27 heavy (non-hydrogen) atoms. The van der Waals surface area contributed by atoms with Crippen molar-refractivity contribution < 1.29 is 19.2 Å². The molecule has 0 aliphatic heterocycles. The van der Waals surface area contributed by atoms with E-state index in [1.165, 1.54) is 18.2 Å². The summed E-state index contributed by atoms with van der Waals surface area (Å²) in [4.78, 5) is 34.9. The van der Waals surface area contributed by atoms with Gasteiger partial charge in [0.1, 0.15) is 0 Å². The lowest BCUT2D eigenvalue weighted by molar-refractivity contribution is -0.384. The number of Topliss-reactive ketones (excluding diaryl/α,β-unsaturated/α-hetero) is 1. The minimum atomic E-state index is -0.631. The number of nitro benzene ring substituents is 1. The van der Waals surface area contributed by atoms with Crippen molar-refractivity contribution in [3.63, 3.8) is 0 Å². The lowest BCUT2D eigenvalue weighted by Gasteiger charge is -2.09. The summed E-state index contributed by atoms with van der Waals surface area (Å²) in [6.45, 7) is -0.497. The highest BCUT2D eigenvalue weighted by Gasteiger charge is 2.17. The molecule has 0 spiro atoms. The molecule has 0 fully saturated rings. The first-order valence-corrected chi connectivity index (χ1v) is 8.15. The Balaban J connectivity index is 1.75. The Morgan fingerprint density at radius 1 is 0.889 bits per heavy atom. The summed E-state index contributed by atoms with van der Waals surface area (Å²) in [6.07, 6.45) is 0. The molecule has 0 bridgehead atoms. The molecule has 0 aromatic heterocycles. The number of hydrogen-bond acceptors (Lipinski definition) is 5. The molecule has 0 radical (unpaired) electrons. The molecular formula is C21H15NO5. The number of rotatable bonds is 6. The van der Waals surface area contributed by atoms with E-state index in [4.69, 9.17) is 4.74 Å². The number of carbonyl (C=O) groups excluding carboxylic acids is 2. The van der Waals surface area contributed by atoms with E-state index in [2.05, 4.69) is 0 Å². The van der Waals surface area contributed by atoms with Crippen molar-refractivity contribution in [2.24, 2.45) is 0 Å². The predicted octanol–water partition coefficient (Wildman–Crippen LogP) is 4.30. The normalized spacial score (nSPS) is 10.2. The van der Waals surface area contributed by atoms with Crippen molar-refractivity contribution >= 4 is 17.4 Å². The van der Waals surface area contributed by atoms with Gasteiger partial charge < -0.3 is 4.74 Å². The van der Waals surface area contributed by atoms with E-state index in [0.29, 0.717) is 11.1 Å². The summed E-state index contributed by atoms with van der Waals surface area (Å²) in [6, 6.07) is 21.6. The van der Waals surface area contributed by atoms with E-state index in [-0.39, 0.29) is 11.3 Å². The molecule has 0 aliphatic carbocycles. The van der Waals surface area contributed by atoms with Gasteiger partial charge in [-0.05, 0) is 17.2 Å². The van der Waals surface area contributed by atoms with Gasteiger partial charge in [-0.3, -0.25) is 14.9 Å². The average molecular weight is 361 g/mol. The van der Waals surface area contributed by atoms with Crippen molar-refractivity contribution in [2.45, 2.75) is 0 Å². The quantitative estimate of drug-likeness (QED) is 0.283. The van der Waals surface area contributed by atoms with Gasteiger partial charge in [-0.2, -0.15) is 0 Å². The number of ketones is 1. The van der Waals surface area contributed by atoms with Gasteiger partial charge in [-0.25, -0.2) is 4.79 Å². The lowest BCUT2D eigenvalue weighted by Crippen LogP contribution is -2.15. The second-order valence-electron chi connectivity index (χ2n) is 5.72. The van der Waals surface area contributed by atoms with Crippen molar-refractivity contribution in [1.82, 2.24) is 0 Å². The predicted molar refractivity (Wildman–Crippen MR) is 99.6 cm³/mol. The molecule has 0 amide bonds. The van der Waals surface area contributed by atoms with Gasteiger partial charge in [-0.15, -0.1) is 0 Å². The van der Waals surface area contributed by atoms with E-state index in [9.17, 15) is 19.7 Å². The Bertz CT molecular complexity index is 998. The molecule has 6 nitrogen and oxygen atoms in total. The minimum Gasteiger partial charge on any atom is -0.454 e. The van der Waals surface area contributed by atoms with Gasteiger partial charge in [0.15, 0.2) is 6.61 Å². The van der Waals surface area contributed by atoms with Crippen LogP contribution in [0, 0.1) is 10.1 Å². The minimum absolute atomic E-state index is 0.119. The summed E-state index contributed by atoms with van der Waals surface area (Å²) < 4.78 is 5.15. The van der Waals surface area contributed by atoms with Gasteiger partial charge in [-0.1, -0.05) is 60.7 Å². The number of non-ortho nitro benzene ring substituents is 1. The Hall–Kier alpha value is -3.80. The molecule has 134 valence electrons. The largest absolute Gasteiger partial charge is 0.454 e. The Morgan fingerprint density at radius 3 is 2.33 bits per heavy atom. The number of carbonyl (C=O) groups is 2. The molecule has 0 N–H and O–H groups in total. The van der Waals surface area contributed by atoms with Crippen molar-refractivity contribution in [3.05, 3.63) is 100 Å². The molecule has 0 aliphatic rings. The molecule has 3 rings (SSSR count). The van der Waals surface area contributed by atoms with Crippen molar-refractivity contribution in [1.29, 1.82) is 0 Å². The molecule has 0 atom stereocenters. The number of ether oxygens (including phenoxy) is 1. The standard InChI is InChI=1S/C21H15NO5/c23-20(16-9-6-10-17(13-16)22(25)26)14-27-21(24)19-12-5-4-11-18(19)15-7-2-1-3-8-15/h1-13H,14H2. The van der Waals surface area contributed by atoms with Gasteiger partial charge in [0.25, 0.3) is 5.69 Å². The molecule has 3 aromatic carbocycles. The van der Waals surface area contributed by atoms with Crippen LogP contribution in [0.2, 0.25) is 0 Å². The first-order valence-electron chi connectivity index (χ1n) is 8.15.